The van der Waals surface area contributed by atoms with Crippen LogP contribution in [0.3, 0.4) is 0 Å². The third-order valence-corrected chi connectivity index (χ3v) is 4.30. The molecule has 0 aliphatic carbocycles. The first-order chi connectivity index (χ1) is 8.38. The number of hydrogen-bond acceptors (Lipinski definition) is 3. The highest BCUT2D eigenvalue weighted by Gasteiger charge is 2.19. The molecule has 0 fully saturated rings. The Morgan fingerprint density at radius 1 is 1.17 bits per heavy atom. The lowest BCUT2D eigenvalue weighted by Crippen LogP contribution is -2.32. The van der Waals surface area contributed by atoms with Crippen molar-refractivity contribution in [1.29, 1.82) is 0 Å². The molecule has 0 bridgehead atoms. The first kappa shape index (κ1) is 15.1. The summed E-state index contributed by atoms with van der Waals surface area (Å²) in [4.78, 5) is 0.167. The summed E-state index contributed by atoms with van der Waals surface area (Å²) >= 11 is 0. The summed E-state index contributed by atoms with van der Waals surface area (Å²) in [6.07, 6.45) is 0. The van der Waals surface area contributed by atoms with Gasteiger partial charge in [-0.2, -0.15) is 0 Å². The number of hydrogen-bond donors (Lipinski definition) is 2. The summed E-state index contributed by atoms with van der Waals surface area (Å²) in [5.74, 6) is -0.420. The van der Waals surface area contributed by atoms with E-state index >= 15 is 0 Å². The maximum atomic E-state index is 13.1. The molecule has 0 spiro atoms. The Bertz CT molecular complexity index is 492. The number of nitrogens with one attached hydrogen (secondary N) is 2. The highest BCUT2D eigenvalue weighted by atomic mass is 32.2. The van der Waals surface area contributed by atoms with E-state index < -0.39 is 15.8 Å². The number of sulfonamides is 1. The number of aryl methyl sites for hydroxylation is 2. The topological polar surface area (TPSA) is 58.2 Å². The Morgan fingerprint density at radius 3 is 2.22 bits per heavy atom. The molecule has 0 saturated heterocycles. The van der Waals surface area contributed by atoms with Gasteiger partial charge in [-0.3, -0.25) is 0 Å². The smallest absolute Gasteiger partial charge is 0.241 e. The van der Waals surface area contributed by atoms with Gasteiger partial charge in [0.15, 0.2) is 0 Å². The van der Waals surface area contributed by atoms with Crippen molar-refractivity contribution in [2.45, 2.75) is 25.7 Å². The first-order valence-corrected chi connectivity index (χ1v) is 7.34. The standard InChI is InChI=1S/C12H19FN2O2S/c1-4-14-5-6-15-18(16,17)12-9(2)7-11(13)8-10(12)3/h7-8,14-15H,4-6H2,1-3H3. The van der Waals surface area contributed by atoms with E-state index in [0.717, 1.165) is 6.54 Å². The summed E-state index contributed by atoms with van der Waals surface area (Å²) in [7, 11) is -3.58. The van der Waals surface area contributed by atoms with Gasteiger partial charge in [-0.15, -0.1) is 0 Å². The van der Waals surface area contributed by atoms with Crippen molar-refractivity contribution in [1.82, 2.24) is 10.0 Å². The quantitative estimate of drug-likeness (QED) is 0.769. The molecule has 0 aliphatic rings. The Kier molecular flexibility index (Phi) is 5.25. The molecule has 18 heavy (non-hydrogen) atoms. The van der Waals surface area contributed by atoms with E-state index in [9.17, 15) is 12.8 Å². The maximum Gasteiger partial charge on any atom is 0.241 e. The van der Waals surface area contributed by atoms with Gasteiger partial charge in [-0.25, -0.2) is 17.5 Å². The minimum Gasteiger partial charge on any atom is -0.316 e. The molecule has 0 heterocycles. The van der Waals surface area contributed by atoms with Crippen LogP contribution in [0.4, 0.5) is 4.39 Å². The zero-order valence-electron chi connectivity index (χ0n) is 10.9. The second kappa shape index (κ2) is 6.26. The summed E-state index contributed by atoms with van der Waals surface area (Å²) in [6, 6.07) is 2.46. The molecule has 0 radical (unpaired) electrons. The van der Waals surface area contributed by atoms with Gasteiger partial charge in [0.2, 0.25) is 10.0 Å². The molecule has 0 aromatic heterocycles. The third-order valence-electron chi connectivity index (χ3n) is 2.54. The van der Waals surface area contributed by atoms with Crippen LogP contribution >= 0.6 is 0 Å². The van der Waals surface area contributed by atoms with Gasteiger partial charge in [0.1, 0.15) is 5.82 Å². The Morgan fingerprint density at radius 2 is 1.72 bits per heavy atom. The van der Waals surface area contributed by atoms with Gasteiger partial charge in [0.25, 0.3) is 0 Å². The lowest BCUT2D eigenvalue weighted by Gasteiger charge is -2.12. The van der Waals surface area contributed by atoms with Crippen LogP contribution in [0, 0.1) is 19.7 Å². The summed E-state index contributed by atoms with van der Waals surface area (Å²) in [5.41, 5.74) is 0.840. The Labute approximate surface area is 108 Å². The van der Waals surface area contributed by atoms with Crippen molar-refractivity contribution < 1.29 is 12.8 Å². The van der Waals surface area contributed by atoms with Crippen LogP contribution < -0.4 is 10.0 Å². The third kappa shape index (κ3) is 3.76. The van der Waals surface area contributed by atoms with Crippen LogP contribution in [-0.4, -0.2) is 28.1 Å². The van der Waals surface area contributed by atoms with Crippen LogP contribution in [0.1, 0.15) is 18.1 Å². The average Bonchev–Trinajstić information content (AvgIpc) is 2.22. The molecule has 102 valence electrons. The van der Waals surface area contributed by atoms with Gasteiger partial charge in [-0.1, -0.05) is 6.92 Å². The Hall–Kier alpha value is -0.980. The molecule has 0 amide bonds. The summed E-state index contributed by atoms with van der Waals surface area (Å²) in [5, 5.41) is 3.02. The molecule has 1 aromatic carbocycles. The fourth-order valence-corrected chi connectivity index (χ4v) is 3.32. The van der Waals surface area contributed by atoms with Crippen molar-refractivity contribution in [3.05, 3.63) is 29.1 Å². The first-order valence-electron chi connectivity index (χ1n) is 5.85. The molecule has 0 atom stereocenters. The fraction of sp³-hybridized carbons (Fsp3) is 0.500. The van der Waals surface area contributed by atoms with Crippen molar-refractivity contribution in [3.8, 4) is 0 Å². The van der Waals surface area contributed by atoms with E-state index in [1.54, 1.807) is 13.8 Å². The predicted molar refractivity (Wildman–Crippen MR) is 69.6 cm³/mol. The highest BCUT2D eigenvalue weighted by molar-refractivity contribution is 7.89. The number of benzene rings is 1. The largest absolute Gasteiger partial charge is 0.316 e. The molecular weight excluding hydrogens is 255 g/mol. The van der Waals surface area contributed by atoms with Crippen molar-refractivity contribution in [2.24, 2.45) is 0 Å². The average molecular weight is 274 g/mol. The van der Waals surface area contributed by atoms with E-state index in [0.29, 0.717) is 24.2 Å². The lowest BCUT2D eigenvalue weighted by atomic mass is 10.1. The molecular formula is C12H19FN2O2S. The minimum absolute atomic E-state index is 0.167. The number of halogens is 1. The predicted octanol–water partition coefficient (Wildman–Crippen LogP) is 1.33. The zero-order valence-corrected chi connectivity index (χ0v) is 11.7. The van der Waals surface area contributed by atoms with E-state index in [-0.39, 0.29) is 4.90 Å². The van der Waals surface area contributed by atoms with Crippen LogP contribution in [0.25, 0.3) is 0 Å². The van der Waals surface area contributed by atoms with Gasteiger partial charge < -0.3 is 5.32 Å². The van der Waals surface area contributed by atoms with Crippen molar-refractivity contribution in [3.63, 3.8) is 0 Å². The van der Waals surface area contributed by atoms with Crippen molar-refractivity contribution in [2.75, 3.05) is 19.6 Å². The highest BCUT2D eigenvalue weighted by Crippen LogP contribution is 2.20. The molecule has 0 aliphatic heterocycles. The second-order valence-electron chi connectivity index (χ2n) is 4.12. The van der Waals surface area contributed by atoms with Crippen LogP contribution in [0.15, 0.2) is 17.0 Å². The van der Waals surface area contributed by atoms with Gasteiger partial charge in [0, 0.05) is 13.1 Å². The van der Waals surface area contributed by atoms with Gasteiger partial charge in [0.05, 0.1) is 4.90 Å². The van der Waals surface area contributed by atoms with E-state index in [1.165, 1.54) is 12.1 Å². The minimum atomic E-state index is -3.58. The van der Waals surface area contributed by atoms with Crippen LogP contribution in [-0.2, 0) is 10.0 Å². The zero-order chi connectivity index (χ0) is 13.8. The Balaban J connectivity index is 2.92. The monoisotopic (exact) mass is 274 g/mol. The van der Waals surface area contributed by atoms with E-state index in [4.69, 9.17) is 0 Å². The summed E-state index contributed by atoms with van der Waals surface area (Å²) in [6.45, 7) is 6.80. The van der Waals surface area contributed by atoms with Gasteiger partial charge >= 0.3 is 0 Å². The summed E-state index contributed by atoms with van der Waals surface area (Å²) < 4.78 is 39.8. The number of likely N-dealkylation sites (N-methyl/N-ethyl adjacent to an activating group) is 1. The van der Waals surface area contributed by atoms with E-state index in [1.807, 2.05) is 6.92 Å². The SMILES string of the molecule is CCNCCNS(=O)(=O)c1c(C)cc(F)cc1C. The molecule has 0 saturated carbocycles. The second-order valence-corrected chi connectivity index (χ2v) is 5.82. The molecule has 2 N–H and O–H groups in total. The molecule has 1 aromatic rings. The number of rotatable bonds is 6. The van der Waals surface area contributed by atoms with Crippen molar-refractivity contribution >= 4 is 10.0 Å². The normalized spacial score (nSPS) is 11.8. The molecule has 1 rings (SSSR count). The van der Waals surface area contributed by atoms with E-state index in [2.05, 4.69) is 10.0 Å². The molecule has 0 unspecified atom stereocenters. The lowest BCUT2D eigenvalue weighted by molar-refractivity contribution is 0.574. The molecule has 6 heteroatoms. The van der Waals surface area contributed by atoms with Crippen LogP contribution in [0.5, 0.6) is 0 Å². The van der Waals surface area contributed by atoms with Crippen LogP contribution in [0.2, 0.25) is 0 Å². The fourth-order valence-electron chi connectivity index (χ4n) is 1.84. The maximum absolute atomic E-state index is 13.1. The van der Waals surface area contributed by atoms with Gasteiger partial charge in [-0.05, 0) is 43.7 Å². The molecule has 4 nitrogen and oxygen atoms in total.